The van der Waals surface area contributed by atoms with E-state index in [9.17, 15) is 15.3 Å². The van der Waals surface area contributed by atoms with Gasteiger partial charge in [0.05, 0.1) is 23.3 Å². The van der Waals surface area contributed by atoms with Crippen LogP contribution in [0.25, 0.3) is 11.1 Å². The molecule has 0 spiro atoms. The van der Waals surface area contributed by atoms with Gasteiger partial charge in [0.2, 0.25) is 0 Å². The van der Waals surface area contributed by atoms with E-state index in [1.165, 1.54) is 36.5 Å². The minimum Gasteiger partial charge on any atom is -0.369 e. The molecule has 136 valence electrons. The molecular weight excluding hydrogens is 362 g/mol. The fourth-order valence-corrected chi connectivity index (χ4v) is 4.19. The zero-order valence-electron chi connectivity index (χ0n) is 15.0. The molecule has 2 heterocycles. The maximum Gasteiger partial charge on any atom is 0.260 e. The third-order valence-electron chi connectivity index (χ3n) is 4.66. The fraction of sp³-hybridized carbons (Fsp3) is 0.263. The zero-order chi connectivity index (χ0) is 19.8. The number of amides is 1. The summed E-state index contributed by atoms with van der Waals surface area (Å²) >= 11 is 1.43. The molecule has 0 bridgehead atoms. The smallest absolute Gasteiger partial charge is 0.260 e. The van der Waals surface area contributed by atoms with Crippen LogP contribution in [0.2, 0.25) is 0 Å². The normalized spacial score (nSPS) is 22.1. The molecule has 2 aromatic rings. The highest BCUT2D eigenvalue weighted by Crippen LogP contribution is 2.38. The lowest BCUT2D eigenvalue weighted by molar-refractivity contribution is -0.144. The Hall–Kier alpha value is -3.20. The minimum atomic E-state index is -0.900. The number of hydrogen-bond donors (Lipinski definition) is 2. The molecule has 2 unspecified atom stereocenters. The average molecular weight is 379 g/mol. The second kappa shape index (κ2) is 6.84. The van der Waals surface area contributed by atoms with E-state index in [0.29, 0.717) is 11.1 Å². The molecule has 0 radical (unpaired) electrons. The monoisotopic (exact) mass is 379 g/mol. The van der Waals surface area contributed by atoms with Crippen LogP contribution in [0.4, 0.5) is 0 Å². The number of rotatable bonds is 3. The van der Waals surface area contributed by atoms with Gasteiger partial charge in [0.15, 0.2) is 12.1 Å². The molecule has 0 aliphatic carbocycles. The summed E-state index contributed by atoms with van der Waals surface area (Å²) in [5, 5.41) is 31.4. The van der Waals surface area contributed by atoms with Gasteiger partial charge in [-0.1, -0.05) is 0 Å². The van der Waals surface area contributed by atoms with Crippen molar-refractivity contribution in [1.82, 2.24) is 10.2 Å². The van der Waals surface area contributed by atoms with Crippen molar-refractivity contribution in [2.24, 2.45) is 0 Å². The highest BCUT2D eigenvalue weighted by atomic mass is 32.1. The van der Waals surface area contributed by atoms with Crippen molar-refractivity contribution in [2.75, 3.05) is 14.2 Å². The van der Waals surface area contributed by atoms with Crippen LogP contribution in [0.15, 0.2) is 29.6 Å². The molecule has 1 saturated heterocycles. The number of benzene rings is 1. The van der Waals surface area contributed by atoms with Gasteiger partial charge in [-0.05, 0) is 47.7 Å². The van der Waals surface area contributed by atoms with E-state index < -0.39 is 11.6 Å². The summed E-state index contributed by atoms with van der Waals surface area (Å²) in [4.78, 5) is 14.6. The maximum absolute atomic E-state index is 12.6. The predicted octanol–water partition coefficient (Wildman–Crippen LogP) is 2.39. The van der Waals surface area contributed by atoms with Gasteiger partial charge in [-0.3, -0.25) is 15.1 Å². The summed E-state index contributed by atoms with van der Waals surface area (Å²) < 4.78 is 5.45. The molecule has 1 fully saturated rings. The van der Waals surface area contributed by atoms with E-state index >= 15 is 0 Å². The summed E-state index contributed by atoms with van der Waals surface area (Å²) in [5.41, 5.74) is 1.50. The highest BCUT2D eigenvalue weighted by Gasteiger charge is 2.48. The molecule has 2 atom stereocenters. The van der Waals surface area contributed by atoms with E-state index in [1.807, 2.05) is 18.4 Å². The Bertz CT molecular complexity index is 984. The lowest BCUT2D eigenvalue weighted by Gasteiger charge is -2.43. The van der Waals surface area contributed by atoms with Crippen LogP contribution < -0.4 is 5.32 Å². The van der Waals surface area contributed by atoms with Crippen molar-refractivity contribution in [3.05, 3.63) is 45.6 Å². The summed E-state index contributed by atoms with van der Waals surface area (Å²) in [6, 6.07) is 11.0. The van der Waals surface area contributed by atoms with Crippen molar-refractivity contribution < 1.29 is 9.53 Å². The Labute approximate surface area is 160 Å². The molecule has 8 heteroatoms. The van der Waals surface area contributed by atoms with Crippen molar-refractivity contribution in [1.29, 1.82) is 15.9 Å². The third kappa shape index (κ3) is 3.06. The largest absolute Gasteiger partial charge is 0.369 e. The van der Waals surface area contributed by atoms with Crippen LogP contribution in [0.1, 0.15) is 22.9 Å². The molecule has 7 nitrogen and oxygen atoms in total. The Balaban J connectivity index is 2.05. The second-order valence-corrected chi connectivity index (χ2v) is 7.32. The molecule has 1 amide bonds. The lowest BCUT2D eigenvalue weighted by Crippen LogP contribution is -2.66. The first-order valence-electron chi connectivity index (χ1n) is 8.05. The number of guanidine groups is 1. The van der Waals surface area contributed by atoms with Crippen molar-refractivity contribution in [2.45, 2.75) is 18.6 Å². The minimum absolute atomic E-state index is 0.00370. The van der Waals surface area contributed by atoms with Crippen LogP contribution in [0, 0.1) is 28.1 Å². The fourth-order valence-electron chi connectivity index (χ4n) is 3.14. The van der Waals surface area contributed by atoms with E-state index in [2.05, 4.69) is 17.5 Å². The number of methoxy groups -OCH3 is 1. The molecule has 1 aliphatic heterocycles. The first-order chi connectivity index (χ1) is 12.8. The van der Waals surface area contributed by atoms with E-state index in [-0.39, 0.29) is 11.9 Å². The van der Waals surface area contributed by atoms with E-state index in [0.717, 1.165) is 16.0 Å². The van der Waals surface area contributed by atoms with Crippen molar-refractivity contribution >= 4 is 23.2 Å². The van der Waals surface area contributed by atoms with Gasteiger partial charge >= 0.3 is 0 Å². The number of hydrogen-bond acceptors (Lipinski definition) is 6. The van der Waals surface area contributed by atoms with Gasteiger partial charge in [-0.25, -0.2) is 0 Å². The van der Waals surface area contributed by atoms with Crippen LogP contribution in [0.5, 0.6) is 0 Å². The van der Waals surface area contributed by atoms with Crippen LogP contribution in [-0.2, 0) is 15.1 Å². The first-order valence-corrected chi connectivity index (χ1v) is 8.93. The van der Waals surface area contributed by atoms with Gasteiger partial charge in [0.25, 0.3) is 5.91 Å². The molecule has 1 aliphatic rings. The van der Waals surface area contributed by atoms with Crippen LogP contribution >= 0.6 is 11.3 Å². The van der Waals surface area contributed by atoms with Gasteiger partial charge in [-0.2, -0.15) is 10.5 Å². The molecule has 27 heavy (non-hydrogen) atoms. The van der Waals surface area contributed by atoms with Gasteiger partial charge in [0, 0.05) is 19.0 Å². The standard InChI is InChI=1S/C19H17N5O2S/c1-19(16(26-3)17(25)24(2)18(22)23-19)15-7-14(10-27-15)13-5-11(8-20)4-12(6-13)9-21/h4-7,10,16H,1-3H3,(H2,22,23). The number of ether oxygens (including phenoxy) is 1. The topological polar surface area (TPSA) is 113 Å². The number of carbonyl (C=O) groups excluding carboxylic acids is 1. The number of likely N-dealkylation sites (N-methyl/N-ethyl adjacent to an activating group) is 1. The average Bonchev–Trinajstić information content (AvgIpc) is 3.17. The molecule has 3 rings (SSSR count). The second-order valence-electron chi connectivity index (χ2n) is 6.41. The quantitative estimate of drug-likeness (QED) is 0.850. The van der Waals surface area contributed by atoms with E-state index in [4.69, 9.17) is 10.1 Å². The van der Waals surface area contributed by atoms with Gasteiger partial charge in [0.1, 0.15) is 5.54 Å². The third-order valence-corrected chi connectivity index (χ3v) is 5.83. The predicted molar refractivity (Wildman–Crippen MR) is 101 cm³/mol. The maximum atomic E-state index is 12.6. The Morgan fingerprint density at radius 2 is 1.85 bits per heavy atom. The summed E-state index contributed by atoms with van der Waals surface area (Å²) in [6.07, 6.45) is -0.789. The number of nitrogens with zero attached hydrogens (tertiary/aromatic N) is 3. The number of thiophene rings is 1. The zero-order valence-corrected chi connectivity index (χ0v) is 15.8. The molecule has 2 N–H and O–H groups in total. The molecule has 0 saturated carbocycles. The lowest BCUT2D eigenvalue weighted by atomic mass is 9.88. The summed E-state index contributed by atoms with van der Waals surface area (Å²) in [5.74, 6) is -0.291. The Kier molecular flexibility index (Phi) is 4.71. The number of carbonyl (C=O) groups is 1. The van der Waals surface area contributed by atoms with Crippen LogP contribution in [0.3, 0.4) is 0 Å². The highest BCUT2D eigenvalue weighted by molar-refractivity contribution is 7.10. The van der Waals surface area contributed by atoms with E-state index in [1.54, 1.807) is 12.1 Å². The number of nitrogens with one attached hydrogen (secondary N) is 2. The van der Waals surface area contributed by atoms with Crippen molar-refractivity contribution in [3.8, 4) is 23.3 Å². The first kappa shape index (κ1) is 18.6. The molecule has 1 aromatic carbocycles. The van der Waals surface area contributed by atoms with Gasteiger partial charge < -0.3 is 10.1 Å². The van der Waals surface area contributed by atoms with Gasteiger partial charge in [-0.15, -0.1) is 11.3 Å². The Morgan fingerprint density at radius 1 is 1.22 bits per heavy atom. The SMILES string of the molecule is COC1C(=O)N(C)C(=N)NC1(C)c1cc(-c2cc(C#N)cc(C#N)c2)cs1. The number of nitriles is 2. The Morgan fingerprint density at radius 3 is 2.41 bits per heavy atom. The molecule has 1 aromatic heterocycles. The van der Waals surface area contributed by atoms with Crippen molar-refractivity contribution in [3.63, 3.8) is 0 Å². The molecular formula is C19H17N5O2S. The summed E-state index contributed by atoms with van der Waals surface area (Å²) in [7, 11) is 3.00. The summed E-state index contributed by atoms with van der Waals surface area (Å²) in [6.45, 7) is 1.82. The van der Waals surface area contributed by atoms with Crippen LogP contribution in [-0.4, -0.2) is 37.0 Å².